The van der Waals surface area contributed by atoms with Gasteiger partial charge in [-0.3, -0.25) is 0 Å². The first-order valence-electron chi connectivity index (χ1n) is 0. The summed E-state index contributed by atoms with van der Waals surface area (Å²) in [6, 6.07) is 0. The summed E-state index contributed by atoms with van der Waals surface area (Å²) in [5.74, 6) is 0. The maximum absolute atomic E-state index is 0. The summed E-state index contributed by atoms with van der Waals surface area (Å²) in [7, 11) is 0. The molecule has 0 saturated carbocycles. The van der Waals surface area contributed by atoms with Crippen LogP contribution in [0, 0.1) is 40.4 Å². The summed E-state index contributed by atoms with van der Waals surface area (Å²) >= 11 is 0. The van der Waals surface area contributed by atoms with Gasteiger partial charge in [0.2, 0.25) is 0 Å². The van der Waals surface area contributed by atoms with Crippen molar-refractivity contribution < 1.29 is 57.5 Å². The molecule has 0 bridgehead atoms. The first-order valence-corrected chi connectivity index (χ1v) is 0. The quantitative estimate of drug-likeness (QED) is 0.486. The first-order chi connectivity index (χ1) is 0. The minimum atomic E-state index is 0. The Morgan fingerprint density at radius 2 is 1.00 bits per heavy atom. The van der Waals surface area contributed by atoms with Gasteiger partial charge >= 0.3 is 26.2 Å². The molecule has 3 N–H and O–H groups in total. The molecule has 0 aromatic heterocycles. The van der Waals surface area contributed by atoms with E-state index < -0.39 is 0 Å². The van der Waals surface area contributed by atoms with Crippen LogP contribution in [0.4, 0.5) is 0 Å². The molecule has 0 radical (unpaired) electrons. The third-order valence-electron chi connectivity index (χ3n) is 0. The molecule has 0 rings (SSSR count). The number of hydrogen-bond donors (Lipinski definition) is 1. The van der Waals surface area contributed by atoms with E-state index in [1.807, 2.05) is 0 Å². The van der Waals surface area contributed by atoms with Crippen molar-refractivity contribution in [2.75, 3.05) is 0 Å². The molecule has 0 aromatic carbocycles. The normalized spacial score (nSPS) is 0. The Kier molecular flexibility index (Phi) is 129. The predicted octanol–water partition coefficient (Wildman–Crippen LogP) is -1.02. The molecule has 0 aliphatic heterocycles. The fourth-order valence-electron chi connectivity index (χ4n) is 0. The van der Waals surface area contributed by atoms with E-state index in [2.05, 4.69) is 0 Å². The van der Waals surface area contributed by atoms with Gasteiger partial charge in [-0.2, -0.15) is 0 Å². The SMILES string of the molecule is N.[BiH3].[Fe].[Sm]. The molecule has 4 heavy (non-hydrogen) atoms. The monoisotopic (exact) mass is 437 g/mol. The van der Waals surface area contributed by atoms with Crippen molar-refractivity contribution in [1.29, 1.82) is 0 Å². The Hall–Kier alpha value is 2.70. The Labute approximate surface area is 88.0 Å². The molecule has 0 amide bonds. The zero-order valence-electron chi connectivity index (χ0n) is 2.18. The second kappa shape index (κ2) is 17.3. The second-order valence-electron chi connectivity index (χ2n) is 0. The summed E-state index contributed by atoms with van der Waals surface area (Å²) in [5.41, 5.74) is 0. The third kappa shape index (κ3) is 8.83. The summed E-state index contributed by atoms with van der Waals surface area (Å²) in [6.45, 7) is 0. The summed E-state index contributed by atoms with van der Waals surface area (Å²) in [6.07, 6.45) is 0. The standard InChI is InChI=1S/Bi.Fe.H3N.Sm.3H/h;;1H3;;;;. The van der Waals surface area contributed by atoms with E-state index in [0.29, 0.717) is 0 Å². The molecular weight excluding hydrogens is 429 g/mol. The largest absolute Gasteiger partial charge is 0 e. The molecule has 0 heterocycles. The molecule has 0 aliphatic rings. The summed E-state index contributed by atoms with van der Waals surface area (Å²) in [5, 5.41) is 0. The minimum absolute atomic E-state index is 0. The number of rotatable bonds is 0. The maximum Gasteiger partial charge on any atom is 0 e. The van der Waals surface area contributed by atoms with E-state index in [9.17, 15) is 0 Å². The van der Waals surface area contributed by atoms with Crippen molar-refractivity contribution >= 4 is 26.2 Å². The van der Waals surface area contributed by atoms with Gasteiger partial charge in [-0.1, -0.05) is 0 Å². The van der Waals surface area contributed by atoms with Gasteiger partial charge in [-0.25, -0.2) is 0 Å². The Morgan fingerprint density at radius 3 is 1.00 bits per heavy atom. The van der Waals surface area contributed by atoms with Gasteiger partial charge in [0.25, 0.3) is 0 Å². The molecule has 4 heteroatoms. The topological polar surface area (TPSA) is 35.0 Å². The van der Waals surface area contributed by atoms with E-state index in [1.165, 1.54) is 0 Å². The van der Waals surface area contributed by atoms with Crippen LogP contribution in [0.2, 0.25) is 0 Å². The molecule has 0 spiro atoms. The molecule has 0 fully saturated rings. The van der Waals surface area contributed by atoms with Crippen LogP contribution in [0.25, 0.3) is 0 Å². The van der Waals surface area contributed by atoms with Crippen LogP contribution >= 0.6 is 0 Å². The average molecular weight is 435 g/mol. The number of hydrogen-bond acceptors (Lipinski definition) is 1. The van der Waals surface area contributed by atoms with Crippen LogP contribution in [0.5, 0.6) is 0 Å². The van der Waals surface area contributed by atoms with Crippen LogP contribution in [0.15, 0.2) is 0 Å². The van der Waals surface area contributed by atoms with E-state index in [1.54, 1.807) is 0 Å². The summed E-state index contributed by atoms with van der Waals surface area (Å²) < 4.78 is 0. The minimum Gasteiger partial charge on any atom is 0 e. The van der Waals surface area contributed by atoms with Crippen molar-refractivity contribution in [1.82, 2.24) is 6.15 Å². The Balaban J connectivity index is 0. The van der Waals surface area contributed by atoms with Crippen molar-refractivity contribution in [3.8, 4) is 0 Å². The molecule has 0 aliphatic carbocycles. The maximum atomic E-state index is 0. The molecule has 0 atom stereocenters. The van der Waals surface area contributed by atoms with Gasteiger partial charge in [0.15, 0.2) is 0 Å². The van der Waals surface area contributed by atoms with E-state index in [4.69, 9.17) is 0 Å². The van der Waals surface area contributed by atoms with Gasteiger partial charge < -0.3 is 6.15 Å². The van der Waals surface area contributed by atoms with E-state index >= 15 is 0 Å². The van der Waals surface area contributed by atoms with Gasteiger partial charge in [0.05, 0.1) is 0 Å². The Morgan fingerprint density at radius 1 is 1.00 bits per heavy atom. The van der Waals surface area contributed by atoms with Gasteiger partial charge in [-0.15, -0.1) is 0 Å². The van der Waals surface area contributed by atoms with E-state index in [-0.39, 0.29) is 89.8 Å². The van der Waals surface area contributed by atoms with E-state index in [0.717, 1.165) is 0 Å². The molecule has 0 unspecified atom stereocenters. The van der Waals surface area contributed by atoms with Crippen LogP contribution in [0.1, 0.15) is 0 Å². The van der Waals surface area contributed by atoms with Gasteiger partial charge in [-0.05, 0) is 0 Å². The van der Waals surface area contributed by atoms with Crippen molar-refractivity contribution in [2.24, 2.45) is 0 Å². The predicted molar refractivity (Wildman–Crippen MR) is 15.0 cm³/mol. The fourth-order valence-corrected chi connectivity index (χ4v) is 0. The third-order valence-corrected chi connectivity index (χ3v) is 0. The molecule has 0 aromatic rings. The fraction of sp³-hybridized carbons (Fsp3) is 0. The van der Waals surface area contributed by atoms with Crippen LogP contribution in [0.3, 0.4) is 0 Å². The van der Waals surface area contributed by atoms with Crippen molar-refractivity contribution in [2.45, 2.75) is 0 Å². The van der Waals surface area contributed by atoms with Crippen molar-refractivity contribution in [3.05, 3.63) is 0 Å². The van der Waals surface area contributed by atoms with Crippen LogP contribution in [-0.2, 0) is 17.1 Å². The molecule has 30 valence electrons. The zero-order chi connectivity index (χ0) is 0. The van der Waals surface area contributed by atoms with Crippen LogP contribution < -0.4 is 6.15 Å². The average Bonchev–Trinajstić information content (AvgIpc) is 0. The molecular formula is H6BiFeNSm. The molecule has 0 saturated heterocycles. The van der Waals surface area contributed by atoms with Gasteiger partial charge in [0.1, 0.15) is 0 Å². The van der Waals surface area contributed by atoms with Gasteiger partial charge in [0, 0.05) is 57.5 Å². The Bertz CT molecular complexity index is 8.00. The van der Waals surface area contributed by atoms with Crippen molar-refractivity contribution in [3.63, 3.8) is 0 Å². The second-order valence-corrected chi connectivity index (χ2v) is 0. The molecule has 1 nitrogen and oxygen atoms in total. The smallest absolute Gasteiger partial charge is 0 e. The summed E-state index contributed by atoms with van der Waals surface area (Å²) in [4.78, 5) is 0. The van der Waals surface area contributed by atoms with Crippen LogP contribution in [-0.4, -0.2) is 26.2 Å². The first kappa shape index (κ1) is 29.9. The zero-order valence-corrected chi connectivity index (χ0v) is 11.4.